The van der Waals surface area contributed by atoms with Gasteiger partial charge in [-0.2, -0.15) is 0 Å². The molecule has 0 N–H and O–H groups in total. The summed E-state index contributed by atoms with van der Waals surface area (Å²) in [5, 5.41) is 5.07. The van der Waals surface area contributed by atoms with Gasteiger partial charge in [0.1, 0.15) is 0 Å². The topological polar surface area (TPSA) is 6.48 Å². The van der Waals surface area contributed by atoms with Crippen molar-refractivity contribution in [3.8, 4) is 33.4 Å². The SMILES string of the molecule is Cc1ccc(C(c2ccc(C)cc2)c2ccc(N(c3ccccc3)c3cc4c(c5ccccc35)-c3cc5c(cc3C4(C)C)-c3cc4c(cc3C5(C)C)-c3c(cc(N(c5ccccc5)c5ccccc5)c5ccccc35)C4(C)C)cc2)cc1. The van der Waals surface area contributed by atoms with Gasteiger partial charge in [0.15, 0.2) is 0 Å². The summed E-state index contributed by atoms with van der Waals surface area (Å²) < 4.78 is 0. The number of rotatable bonds is 9. The second kappa shape index (κ2) is 18.4. The molecular formula is C80H66N2. The van der Waals surface area contributed by atoms with Crippen molar-refractivity contribution in [1.29, 1.82) is 0 Å². The van der Waals surface area contributed by atoms with Gasteiger partial charge in [-0.3, -0.25) is 0 Å². The number of para-hydroxylation sites is 3. The standard InChI is InChI=1S/C80H66N2/c1-50-32-36-52(37-33-50)75(53-38-34-51(2)35-39-53)54-40-42-58(43-41-54)82(57-26-16-11-17-27-57)74-49-72-77(62-31-21-19-29-60(62)74)66-47-68-64(45-70(66)80(72,7)8)63-44-69-65(46-67(63)78(68,3)4)76-61-30-20-18-28-59(61)73(48-71(76)79(69,5)6)81(55-22-12-9-13-23-55)56-24-14-10-15-25-56/h9-49,75H,1-8H3. The summed E-state index contributed by atoms with van der Waals surface area (Å²) in [6.45, 7) is 19.1. The van der Waals surface area contributed by atoms with E-state index in [9.17, 15) is 0 Å². The lowest BCUT2D eigenvalue weighted by Crippen LogP contribution is -2.18. The van der Waals surface area contributed by atoms with Gasteiger partial charge >= 0.3 is 0 Å². The molecule has 0 amide bonds. The van der Waals surface area contributed by atoms with Crippen molar-refractivity contribution in [2.75, 3.05) is 9.80 Å². The molecule has 0 aromatic heterocycles. The minimum absolute atomic E-state index is 0.105. The van der Waals surface area contributed by atoms with E-state index in [0.29, 0.717) is 0 Å². The number of hydrogen-bond acceptors (Lipinski definition) is 2. The maximum absolute atomic E-state index is 2.60. The van der Waals surface area contributed by atoms with Crippen molar-refractivity contribution in [3.63, 3.8) is 0 Å². The van der Waals surface area contributed by atoms with E-state index in [1.54, 1.807) is 0 Å². The van der Waals surface area contributed by atoms with Gasteiger partial charge in [-0.1, -0.05) is 216 Å². The van der Waals surface area contributed by atoms with Gasteiger partial charge in [0, 0.05) is 55.7 Å². The van der Waals surface area contributed by atoms with Crippen LogP contribution >= 0.6 is 0 Å². The van der Waals surface area contributed by atoms with Crippen LogP contribution < -0.4 is 9.80 Å². The Morgan fingerprint density at radius 1 is 0.268 bits per heavy atom. The summed E-state index contributed by atoms with van der Waals surface area (Å²) in [5.74, 6) is 0.105. The minimum Gasteiger partial charge on any atom is -0.310 e. The average molecular weight is 1060 g/mol. The first kappa shape index (κ1) is 49.8. The Bertz CT molecular complexity index is 4430. The fourth-order valence-electron chi connectivity index (χ4n) is 14.7. The van der Waals surface area contributed by atoms with Gasteiger partial charge in [-0.25, -0.2) is 0 Å². The Kier molecular flexibility index (Phi) is 11.2. The Hall–Kier alpha value is -9.24. The molecule has 15 rings (SSSR count). The molecule has 0 unspecified atom stereocenters. The molecule has 12 aromatic carbocycles. The van der Waals surface area contributed by atoms with Crippen LogP contribution in [-0.4, -0.2) is 0 Å². The Balaban J connectivity index is 0.858. The summed E-state index contributed by atoms with van der Waals surface area (Å²) in [6, 6.07) is 93.9. The molecule has 0 spiro atoms. The predicted molar refractivity (Wildman–Crippen MR) is 347 cm³/mol. The number of hydrogen-bond donors (Lipinski definition) is 0. The second-order valence-corrected chi connectivity index (χ2v) is 25.0. The molecule has 0 heterocycles. The summed E-state index contributed by atoms with van der Waals surface area (Å²) >= 11 is 0. The summed E-state index contributed by atoms with van der Waals surface area (Å²) in [5.41, 5.74) is 29.0. The smallest absolute Gasteiger partial charge is 0.0543 e. The first-order valence-electron chi connectivity index (χ1n) is 29.3. The summed E-state index contributed by atoms with van der Waals surface area (Å²) in [6.07, 6.45) is 0. The zero-order valence-corrected chi connectivity index (χ0v) is 48.1. The van der Waals surface area contributed by atoms with Crippen molar-refractivity contribution in [2.45, 2.75) is 77.6 Å². The fourth-order valence-corrected chi connectivity index (χ4v) is 14.7. The number of benzene rings is 12. The van der Waals surface area contributed by atoms with E-state index in [1.165, 1.54) is 127 Å². The van der Waals surface area contributed by atoms with Crippen molar-refractivity contribution < 1.29 is 0 Å². The number of fused-ring (bicyclic) bond motifs is 13. The second-order valence-electron chi connectivity index (χ2n) is 25.0. The number of aryl methyl sites for hydroxylation is 2. The van der Waals surface area contributed by atoms with E-state index >= 15 is 0 Å². The Labute approximate surface area is 483 Å². The van der Waals surface area contributed by atoms with E-state index in [4.69, 9.17) is 0 Å². The van der Waals surface area contributed by atoms with E-state index in [2.05, 4.69) is 314 Å². The monoisotopic (exact) mass is 1050 g/mol. The van der Waals surface area contributed by atoms with Crippen LogP contribution in [0, 0.1) is 13.8 Å². The van der Waals surface area contributed by atoms with Gasteiger partial charge in [-0.15, -0.1) is 0 Å². The maximum atomic E-state index is 2.60. The first-order valence-corrected chi connectivity index (χ1v) is 29.3. The summed E-state index contributed by atoms with van der Waals surface area (Å²) in [4.78, 5) is 4.93. The molecule has 0 aliphatic heterocycles. The number of anilines is 6. The van der Waals surface area contributed by atoms with Gasteiger partial charge in [0.25, 0.3) is 0 Å². The molecule has 0 atom stereocenters. The van der Waals surface area contributed by atoms with E-state index < -0.39 is 0 Å². The van der Waals surface area contributed by atoms with Crippen molar-refractivity contribution >= 4 is 55.7 Å². The van der Waals surface area contributed by atoms with Gasteiger partial charge in [0.2, 0.25) is 0 Å². The van der Waals surface area contributed by atoms with Crippen LogP contribution in [0.4, 0.5) is 34.1 Å². The normalized spacial score (nSPS) is 14.5. The zero-order valence-electron chi connectivity index (χ0n) is 48.1. The van der Waals surface area contributed by atoms with E-state index in [1.807, 2.05) is 0 Å². The Morgan fingerprint density at radius 2 is 0.549 bits per heavy atom. The quantitative estimate of drug-likeness (QED) is 0.133. The van der Waals surface area contributed by atoms with Crippen molar-refractivity contribution in [2.24, 2.45) is 0 Å². The predicted octanol–water partition coefficient (Wildman–Crippen LogP) is 21.6. The molecule has 0 saturated heterocycles. The van der Waals surface area contributed by atoms with Gasteiger partial charge in [-0.05, 0) is 193 Å². The molecule has 0 radical (unpaired) electrons. The van der Waals surface area contributed by atoms with Crippen LogP contribution in [0.2, 0.25) is 0 Å². The van der Waals surface area contributed by atoms with Crippen LogP contribution in [-0.2, 0) is 16.2 Å². The average Bonchev–Trinajstić information content (AvgIpc) is 1.87. The van der Waals surface area contributed by atoms with Gasteiger partial charge in [0.05, 0.1) is 11.4 Å². The third kappa shape index (κ3) is 7.47. The Morgan fingerprint density at radius 3 is 0.915 bits per heavy atom. The molecule has 82 heavy (non-hydrogen) atoms. The largest absolute Gasteiger partial charge is 0.310 e. The lowest BCUT2D eigenvalue weighted by molar-refractivity contribution is 0.649. The molecule has 3 aliphatic carbocycles. The lowest BCUT2D eigenvalue weighted by atomic mass is 9.78. The lowest BCUT2D eigenvalue weighted by Gasteiger charge is -2.30. The molecular weight excluding hydrogens is 989 g/mol. The first-order chi connectivity index (χ1) is 39.8. The van der Waals surface area contributed by atoms with E-state index in [-0.39, 0.29) is 22.2 Å². The van der Waals surface area contributed by atoms with Gasteiger partial charge < -0.3 is 9.80 Å². The third-order valence-electron chi connectivity index (χ3n) is 19.1. The van der Waals surface area contributed by atoms with Crippen LogP contribution in [0.5, 0.6) is 0 Å². The van der Waals surface area contributed by atoms with Crippen LogP contribution in [0.3, 0.4) is 0 Å². The molecule has 3 aliphatic rings. The zero-order chi connectivity index (χ0) is 55.8. The molecule has 2 nitrogen and oxygen atoms in total. The third-order valence-corrected chi connectivity index (χ3v) is 19.1. The minimum atomic E-state index is -0.294. The molecule has 396 valence electrons. The molecule has 2 heteroatoms. The molecule has 0 saturated carbocycles. The molecule has 0 bridgehead atoms. The maximum Gasteiger partial charge on any atom is 0.0543 e. The van der Waals surface area contributed by atoms with Crippen molar-refractivity contribution in [3.05, 3.63) is 310 Å². The highest BCUT2D eigenvalue weighted by Crippen LogP contribution is 2.62. The van der Waals surface area contributed by atoms with Crippen molar-refractivity contribution in [1.82, 2.24) is 0 Å². The van der Waals surface area contributed by atoms with Crippen LogP contribution in [0.25, 0.3) is 54.9 Å². The van der Waals surface area contributed by atoms with E-state index in [0.717, 1.165) is 22.7 Å². The fraction of sp³-hybridized carbons (Fsp3) is 0.150. The highest BCUT2D eigenvalue weighted by Gasteiger charge is 2.46. The number of nitrogens with zero attached hydrogens (tertiary/aromatic N) is 2. The van der Waals surface area contributed by atoms with Crippen LogP contribution in [0.1, 0.15) is 109 Å². The highest BCUT2D eigenvalue weighted by atomic mass is 15.1. The van der Waals surface area contributed by atoms with Crippen LogP contribution in [0.15, 0.2) is 249 Å². The highest BCUT2D eigenvalue weighted by molar-refractivity contribution is 6.12. The summed E-state index contributed by atoms with van der Waals surface area (Å²) in [7, 11) is 0. The molecule has 12 aromatic rings. The molecule has 0 fully saturated rings.